The number of halogens is 3. The van der Waals surface area contributed by atoms with Gasteiger partial charge in [0.25, 0.3) is 0 Å². The van der Waals surface area contributed by atoms with Crippen LogP contribution in [0.3, 0.4) is 0 Å². The molecule has 3 aliphatic heterocycles. The Morgan fingerprint density at radius 2 is 0.889 bits per heavy atom. The Morgan fingerprint density at radius 1 is 0.500 bits per heavy atom. The predicted octanol–water partition coefficient (Wildman–Crippen LogP) is 6.66. The third-order valence-electron chi connectivity index (χ3n) is 6.40. The van der Waals surface area contributed by atoms with Gasteiger partial charge in [0.2, 0.25) is 0 Å². The summed E-state index contributed by atoms with van der Waals surface area (Å²) in [5, 5.41) is 1.83. The second-order valence-corrected chi connectivity index (χ2v) is 10.2. The maximum Gasteiger partial charge on any atom is 0.185 e. The van der Waals surface area contributed by atoms with Crippen LogP contribution in [0.1, 0.15) is 35.6 Å². The van der Waals surface area contributed by atoms with E-state index in [2.05, 4.69) is 0 Å². The van der Waals surface area contributed by atoms with Gasteiger partial charge in [-0.05, 0) is 36.4 Å². The fourth-order valence-corrected chi connectivity index (χ4v) is 5.32. The Labute approximate surface area is 223 Å². The molecule has 0 saturated carbocycles. The van der Waals surface area contributed by atoms with Crippen LogP contribution in [0.4, 0.5) is 0 Å². The van der Waals surface area contributed by atoms with Crippen molar-refractivity contribution >= 4 is 34.8 Å². The normalized spacial score (nSPS) is 32.2. The topological polar surface area (TPSA) is 55.4 Å². The molecule has 3 unspecified atom stereocenters. The minimum Gasteiger partial charge on any atom is -0.346 e. The van der Waals surface area contributed by atoms with Crippen LogP contribution < -0.4 is 0 Å². The van der Waals surface area contributed by atoms with E-state index >= 15 is 0 Å². The highest BCUT2D eigenvalue weighted by Gasteiger charge is 2.51. The van der Waals surface area contributed by atoms with Crippen LogP contribution in [0.5, 0.6) is 0 Å². The maximum atomic E-state index is 6.41. The van der Waals surface area contributed by atoms with Crippen molar-refractivity contribution in [3.8, 4) is 0 Å². The molecule has 9 heteroatoms. The van der Waals surface area contributed by atoms with E-state index in [0.717, 1.165) is 16.7 Å². The van der Waals surface area contributed by atoms with Crippen molar-refractivity contribution < 1.29 is 28.4 Å². The minimum absolute atomic E-state index is 0.329. The Hall–Kier alpha value is -1.71. The molecule has 3 aliphatic rings. The molecule has 0 aromatic heterocycles. The highest BCUT2D eigenvalue weighted by Crippen LogP contribution is 2.42. The molecule has 3 saturated heterocycles. The van der Waals surface area contributed by atoms with Crippen LogP contribution in [-0.4, -0.2) is 37.6 Å². The van der Waals surface area contributed by atoms with Crippen molar-refractivity contribution in [2.45, 2.75) is 43.3 Å². The Balaban J connectivity index is 1.23. The standard InChI is InChI=1S/C27H23Cl3O6/c28-18-7-1-4-15(10-18)25-31-13-21(33-25)23-24(36-27(35-23)17-6-3-9-20(30)12-17)22-14-32-26(34-22)16-5-2-8-19(29)11-16/h1-12,21-27H,13-14H2/t21-,22+,23-,24-,25?,26?,27?/m0/s1. The molecule has 0 aliphatic carbocycles. The van der Waals surface area contributed by atoms with Crippen LogP contribution >= 0.6 is 34.8 Å². The average Bonchev–Trinajstić information content (AvgIpc) is 3.63. The lowest BCUT2D eigenvalue weighted by Gasteiger charge is -2.25. The molecule has 0 amide bonds. The summed E-state index contributed by atoms with van der Waals surface area (Å²) in [6.07, 6.45) is -3.46. The zero-order chi connectivity index (χ0) is 24.6. The summed E-state index contributed by atoms with van der Waals surface area (Å²) in [7, 11) is 0. The number of benzene rings is 3. The van der Waals surface area contributed by atoms with Gasteiger partial charge in [-0.15, -0.1) is 0 Å². The van der Waals surface area contributed by atoms with E-state index in [1.165, 1.54) is 0 Å². The maximum absolute atomic E-state index is 6.41. The number of hydrogen-bond acceptors (Lipinski definition) is 6. The third kappa shape index (κ3) is 5.16. The predicted molar refractivity (Wildman–Crippen MR) is 134 cm³/mol. The van der Waals surface area contributed by atoms with E-state index in [9.17, 15) is 0 Å². The Morgan fingerprint density at radius 3 is 1.28 bits per heavy atom. The molecule has 6 rings (SSSR count). The Kier molecular flexibility index (Phi) is 7.23. The molecule has 3 aromatic carbocycles. The van der Waals surface area contributed by atoms with E-state index in [4.69, 9.17) is 63.2 Å². The molecule has 0 spiro atoms. The molecule has 6 nitrogen and oxygen atoms in total. The van der Waals surface area contributed by atoms with E-state index in [0.29, 0.717) is 28.3 Å². The van der Waals surface area contributed by atoms with Crippen molar-refractivity contribution in [3.63, 3.8) is 0 Å². The van der Waals surface area contributed by atoms with Crippen molar-refractivity contribution in [3.05, 3.63) is 105 Å². The largest absolute Gasteiger partial charge is 0.346 e. The fraction of sp³-hybridized carbons (Fsp3) is 0.333. The first kappa shape index (κ1) is 24.6. The molecule has 3 fully saturated rings. The van der Waals surface area contributed by atoms with Crippen LogP contribution in [0.2, 0.25) is 15.1 Å². The van der Waals surface area contributed by atoms with Crippen LogP contribution in [0.25, 0.3) is 0 Å². The van der Waals surface area contributed by atoms with Crippen LogP contribution in [0.15, 0.2) is 72.8 Å². The van der Waals surface area contributed by atoms with Crippen LogP contribution in [0, 0.1) is 0 Å². The molecule has 7 atom stereocenters. The monoisotopic (exact) mass is 548 g/mol. The van der Waals surface area contributed by atoms with Gasteiger partial charge >= 0.3 is 0 Å². The summed E-state index contributed by atoms with van der Waals surface area (Å²) >= 11 is 18.6. The lowest BCUT2D eigenvalue weighted by molar-refractivity contribution is -0.107. The Bertz CT molecular complexity index is 1150. The second-order valence-electron chi connectivity index (χ2n) is 8.88. The van der Waals surface area contributed by atoms with E-state index in [1.54, 1.807) is 0 Å². The van der Waals surface area contributed by atoms with Gasteiger partial charge in [0.05, 0.1) is 13.2 Å². The van der Waals surface area contributed by atoms with Crippen molar-refractivity contribution in [1.82, 2.24) is 0 Å². The summed E-state index contributed by atoms with van der Waals surface area (Å²) in [6.45, 7) is 0.657. The molecular formula is C27H23Cl3O6. The highest BCUT2D eigenvalue weighted by atomic mass is 35.5. The molecule has 0 radical (unpaired) electrons. The third-order valence-corrected chi connectivity index (χ3v) is 7.11. The zero-order valence-electron chi connectivity index (χ0n) is 19.0. The van der Waals surface area contributed by atoms with Gasteiger partial charge in [-0.2, -0.15) is 0 Å². The zero-order valence-corrected chi connectivity index (χ0v) is 21.2. The number of ether oxygens (including phenoxy) is 6. The first-order chi connectivity index (χ1) is 17.5. The summed E-state index contributed by atoms with van der Waals surface area (Å²) in [6, 6.07) is 22.3. The van der Waals surface area contributed by atoms with E-state index < -0.39 is 43.3 Å². The van der Waals surface area contributed by atoms with Crippen molar-refractivity contribution in [2.24, 2.45) is 0 Å². The quantitative estimate of drug-likeness (QED) is 0.355. The molecule has 0 N–H and O–H groups in total. The molecule has 3 aromatic rings. The average molecular weight is 550 g/mol. The molecule has 188 valence electrons. The minimum atomic E-state index is -0.638. The van der Waals surface area contributed by atoms with Gasteiger partial charge in [-0.25, -0.2) is 0 Å². The first-order valence-corrected chi connectivity index (χ1v) is 12.8. The fourth-order valence-electron chi connectivity index (χ4n) is 4.72. The summed E-state index contributed by atoms with van der Waals surface area (Å²) < 4.78 is 37.3. The summed E-state index contributed by atoms with van der Waals surface area (Å²) in [5.74, 6) is 0. The van der Waals surface area contributed by atoms with Gasteiger partial charge < -0.3 is 28.4 Å². The van der Waals surface area contributed by atoms with Gasteiger partial charge in [0.15, 0.2) is 18.9 Å². The molecular weight excluding hydrogens is 527 g/mol. The van der Waals surface area contributed by atoms with E-state index in [-0.39, 0.29) is 0 Å². The summed E-state index contributed by atoms with van der Waals surface area (Å²) in [5.41, 5.74) is 2.49. The molecule has 0 bridgehead atoms. The van der Waals surface area contributed by atoms with Gasteiger partial charge in [0, 0.05) is 31.8 Å². The van der Waals surface area contributed by atoms with Crippen LogP contribution in [-0.2, 0) is 28.4 Å². The first-order valence-electron chi connectivity index (χ1n) is 11.6. The summed E-state index contributed by atoms with van der Waals surface area (Å²) in [4.78, 5) is 0. The van der Waals surface area contributed by atoms with Crippen molar-refractivity contribution in [1.29, 1.82) is 0 Å². The molecule has 36 heavy (non-hydrogen) atoms. The smallest absolute Gasteiger partial charge is 0.185 e. The lowest BCUT2D eigenvalue weighted by Crippen LogP contribution is -2.44. The second kappa shape index (κ2) is 10.6. The van der Waals surface area contributed by atoms with Gasteiger partial charge in [0.1, 0.15) is 24.4 Å². The lowest BCUT2D eigenvalue weighted by atomic mass is 10.0. The SMILES string of the molecule is Clc1cccc(C2O[C@@H]([C@@H]3COC(c4cccc(Cl)c4)O3)[C@H]([C@H]3COC(c4cccc(Cl)c4)O3)O2)c1. The highest BCUT2D eigenvalue weighted by molar-refractivity contribution is 6.31. The number of rotatable bonds is 5. The van der Waals surface area contributed by atoms with Crippen molar-refractivity contribution in [2.75, 3.05) is 13.2 Å². The van der Waals surface area contributed by atoms with E-state index in [1.807, 2.05) is 72.8 Å². The van der Waals surface area contributed by atoms with Gasteiger partial charge in [-0.1, -0.05) is 71.2 Å². The molecule has 3 heterocycles. The van der Waals surface area contributed by atoms with Gasteiger partial charge in [-0.3, -0.25) is 0 Å². The number of hydrogen-bond donors (Lipinski definition) is 0.